The molecule has 1 fully saturated rings. The van der Waals surface area contributed by atoms with Crippen LogP contribution in [0.25, 0.3) is 0 Å². The van der Waals surface area contributed by atoms with Gasteiger partial charge in [-0.05, 0) is 0 Å². The molecule has 0 N–H and O–H groups in total. The molecule has 0 aromatic rings. The number of hydrazone groups is 1. The van der Waals surface area contributed by atoms with Gasteiger partial charge in [-0.15, -0.1) is 10.2 Å². The standard InChI is InChI=1S/C10H9N3O5/c1-6(11-12-7(14)2-3-8(12)15)18-13-9(16)4-5-10(13)17/h2-3H,4-5H2,1H3. The molecule has 0 aliphatic carbocycles. The van der Waals surface area contributed by atoms with Crippen molar-refractivity contribution in [2.75, 3.05) is 0 Å². The summed E-state index contributed by atoms with van der Waals surface area (Å²) in [6.45, 7) is 1.33. The molecule has 94 valence electrons. The zero-order chi connectivity index (χ0) is 13.3. The van der Waals surface area contributed by atoms with Gasteiger partial charge in [0.15, 0.2) is 0 Å². The van der Waals surface area contributed by atoms with Gasteiger partial charge in [0.1, 0.15) is 0 Å². The second-order valence-electron chi connectivity index (χ2n) is 3.61. The van der Waals surface area contributed by atoms with Gasteiger partial charge in [-0.25, -0.2) is 0 Å². The Morgan fingerprint density at radius 1 is 1.11 bits per heavy atom. The third-order valence-electron chi connectivity index (χ3n) is 2.26. The molecular weight excluding hydrogens is 242 g/mol. The topological polar surface area (TPSA) is 96.3 Å². The molecule has 1 saturated heterocycles. The van der Waals surface area contributed by atoms with E-state index in [1.165, 1.54) is 6.92 Å². The van der Waals surface area contributed by atoms with Crippen LogP contribution >= 0.6 is 0 Å². The summed E-state index contributed by atoms with van der Waals surface area (Å²) in [5.41, 5.74) is 0. The Kier molecular flexibility index (Phi) is 2.92. The van der Waals surface area contributed by atoms with Crippen molar-refractivity contribution in [2.45, 2.75) is 19.8 Å². The highest BCUT2D eigenvalue weighted by molar-refractivity contribution is 6.13. The fraction of sp³-hybridized carbons (Fsp3) is 0.300. The van der Waals surface area contributed by atoms with Crippen LogP contribution in [-0.4, -0.2) is 39.6 Å². The number of nitrogens with zero attached hydrogens (tertiary/aromatic N) is 3. The summed E-state index contributed by atoms with van der Waals surface area (Å²) >= 11 is 0. The highest BCUT2D eigenvalue weighted by Gasteiger charge is 2.32. The number of rotatable bonds is 2. The number of amides is 4. The second-order valence-corrected chi connectivity index (χ2v) is 3.61. The molecule has 0 bridgehead atoms. The number of carbonyl (C=O) groups is 4. The predicted molar refractivity (Wildman–Crippen MR) is 56.3 cm³/mol. The normalized spacial score (nSPS) is 20.4. The van der Waals surface area contributed by atoms with Crippen molar-refractivity contribution in [3.05, 3.63) is 12.2 Å². The van der Waals surface area contributed by atoms with Gasteiger partial charge < -0.3 is 4.84 Å². The Hall–Kier alpha value is -2.51. The largest absolute Gasteiger partial charge is 0.352 e. The predicted octanol–water partition coefficient (Wildman–Crippen LogP) is -0.675. The van der Waals surface area contributed by atoms with Crippen LogP contribution in [-0.2, 0) is 24.0 Å². The lowest BCUT2D eigenvalue weighted by atomic mass is 10.4. The molecule has 0 unspecified atom stereocenters. The maximum Gasteiger partial charge on any atom is 0.274 e. The van der Waals surface area contributed by atoms with Crippen molar-refractivity contribution in [3.63, 3.8) is 0 Å². The molecule has 2 rings (SSSR count). The van der Waals surface area contributed by atoms with Gasteiger partial charge in [-0.3, -0.25) is 19.2 Å². The van der Waals surface area contributed by atoms with E-state index in [9.17, 15) is 19.2 Å². The van der Waals surface area contributed by atoms with Crippen molar-refractivity contribution in [2.24, 2.45) is 5.10 Å². The van der Waals surface area contributed by atoms with Crippen LogP contribution in [0.3, 0.4) is 0 Å². The molecule has 2 aliphatic heterocycles. The van der Waals surface area contributed by atoms with E-state index in [1.54, 1.807) is 0 Å². The van der Waals surface area contributed by atoms with Crippen molar-refractivity contribution in [1.29, 1.82) is 0 Å². The van der Waals surface area contributed by atoms with E-state index in [-0.39, 0.29) is 18.7 Å². The molecule has 0 aromatic heterocycles. The van der Waals surface area contributed by atoms with Crippen molar-refractivity contribution < 1.29 is 24.0 Å². The minimum Gasteiger partial charge on any atom is -0.352 e. The van der Waals surface area contributed by atoms with E-state index in [0.717, 1.165) is 12.2 Å². The first-order valence-corrected chi connectivity index (χ1v) is 5.14. The molecule has 0 atom stereocenters. The third kappa shape index (κ3) is 2.12. The summed E-state index contributed by atoms with van der Waals surface area (Å²) in [4.78, 5) is 49.8. The van der Waals surface area contributed by atoms with Gasteiger partial charge >= 0.3 is 0 Å². The van der Waals surface area contributed by atoms with Crippen LogP contribution in [0.2, 0.25) is 0 Å². The summed E-state index contributed by atoms with van der Waals surface area (Å²) in [7, 11) is 0. The van der Waals surface area contributed by atoms with Crippen LogP contribution in [0.15, 0.2) is 17.3 Å². The van der Waals surface area contributed by atoms with Crippen molar-refractivity contribution >= 4 is 29.5 Å². The van der Waals surface area contributed by atoms with Crippen molar-refractivity contribution in [1.82, 2.24) is 10.1 Å². The van der Waals surface area contributed by atoms with E-state index in [1.807, 2.05) is 0 Å². The quantitative estimate of drug-likeness (QED) is 0.368. The van der Waals surface area contributed by atoms with E-state index in [4.69, 9.17) is 4.84 Å². The van der Waals surface area contributed by atoms with Crippen LogP contribution in [0.5, 0.6) is 0 Å². The molecule has 2 heterocycles. The minimum atomic E-state index is -0.609. The molecule has 2 aliphatic rings. The SMILES string of the molecule is CC(=NN1C(=O)C=CC1=O)ON1C(=O)CCC1=O. The molecule has 0 spiro atoms. The Morgan fingerprint density at radius 2 is 1.61 bits per heavy atom. The molecule has 0 aromatic carbocycles. The number of carbonyl (C=O) groups excluding carboxylic acids is 4. The molecular formula is C10H9N3O5. The highest BCUT2D eigenvalue weighted by Crippen LogP contribution is 2.13. The average molecular weight is 251 g/mol. The minimum absolute atomic E-state index is 0.0786. The first-order chi connectivity index (χ1) is 8.49. The van der Waals surface area contributed by atoms with Gasteiger partial charge in [0.25, 0.3) is 23.6 Å². The first kappa shape index (κ1) is 12.0. The number of imide groups is 2. The fourth-order valence-corrected chi connectivity index (χ4v) is 1.44. The summed E-state index contributed by atoms with van der Waals surface area (Å²) in [5, 5.41) is 4.75. The zero-order valence-electron chi connectivity index (χ0n) is 9.45. The summed E-state index contributed by atoms with van der Waals surface area (Å²) < 4.78 is 0. The average Bonchev–Trinajstić information content (AvgIpc) is 2.79. The van der Waals surface area contributed by atoms with Gasteiger partial charge in [0, 0.05) is 31.9 Å². The van der Waals surface area contributed by atoms with E-state index in [2.05, 4.69) is 5.10 Å². The Labute approximate surface area is 101 Å². The van der Waals surface area contributed by atoms with Crippen molar-refractivity contribution in [3.8, 4) is 0 Å². The van der Waals surface area contributed by atoms with Gasteiger partial charge in [-0.1, -0.05) is 0 Å². The maximum absolute atomic E-state index is 11.3. The number of hydroxylamine groups is 2. The van der Waals surface area contributed by atoms with Crippen LogP contribution < -0.4 is 0 Å². The Morgan fingerprint density at radius 3 is 2.11 bits per heavy atom. The molecule has 8 nitrogen and oxygen atoms in total. The fourth-order valence-electron chi connectivity index (χ4n) is 1.44. The summed E-state index contributed by atoms with van der Waals surface area (Å²) in [6.07, 6.45) is 2.28. The molecule has 8 heteroatoms. The summed E-state index contributed by atoms with van der Waals surface area (Å²) in [6, 6.07) is 0. The Bertz CT molecular complexity index is 474. The highest BCUT2D eigenvalue weighted by atomic mass is 16.7. The third-order valence-corrected chi connectivity index (χ3v) is 2.26. The van der Waals surface area contributed by atoms with Gasteiger partial charge in [0.2, 0.25) is 5.90 Å². The maximum atomic E-state index is 11.3. The van der Waals surface area contributed by atoms with E-state index in [0.29, 0.717) is 10.1 Å². The molecule has 18 heavy (non-hydrogen) atoms. The van der Waals surface area contributed by atoms with E-state index < -0.39 is 23.6 Å². The van der Waals surface area contributed by atoms with Crippen LogP contribution in [0.1, 0.15) is 19.8 Å². The van der Waals surface area contributed by atoms with Crippen LogP contribution in [0, 0.1) is 0 Å². The lowest BCUT2D eigenvalue weighted by molar-refractivity contribution is -0.167. The number of hydrogen-bond donors (Lipinski definition) is 0. The van der Waals surface area contributed by atoms with E-state index >= 15 is 0 Å². The zero-order valence-corrected chi connectivity index (χ0v) is 9.45. The smallest absolute Gasteiger partial charge is 0.274 e. The monoisotopic (exact) mass is 251 g/mol. The van der Waals surface area contributed by atoms with Crippen LogP contribution in [0.4, 0.5) is 0 Å². The second kappa shape index (κ2) is 4.40. The molecule has 0 radical (unpaired) electrons. The number of hydrogen-bond acceptors (Lipinski definition) is 6. The Balaban J connectivity index is 2.06. The van der Waals surface area contributed by atoms with Gasteiger partial charge in [0.05, 0.1) is 0 Å². The lowest BCUT2D eigenvalue weighted by Gasteiger charge is -2.14. The molecule has 0 saturated carbocycles. The lowest BCUT2D eigenvalue weighted by Crippen LogP contribution is -2.33. The first-order valence-electron chi connectivity index (χ1n) is 5.14. The van der Waals surface area contributed by atoms with Gasteiger partial charge in [-0.2, -0.15) is 5.01 Å². The molecule has 4 amide bonds. The summed E-state index contributed by atoms with van der Waals surface area (Å²) in [5.74, 6) is -2.33.